The van der Waals surface area contributed by atoms with Crippen molar-refractivity contribution in [3.8, 4) is 0 Å². The van der Waals surface area contributed by atoms with Crippen LogP contribution in [-0.2, 0) is 66.0 Å². The van der Waals surface area contributed by atoms with Crippen molar-refractivity contribution in [1.29, 1.82) is 0 Å². The van der Waals surface area contributed by atoms with E-state index in [9.17, 15) is 43.6 Å². The van der Waals surface area contributed by atoms with Gasteiger partial charge in [-0.1, -0.05) is 71.1 Å². The van der Waals surface area contributed by atoms with Crippen molar-refractivity contribution in [2.75, 3.05) is 75.4 Å². The van der Waals surface area contributed by atoms with Gasteiger partial charge in [0, 0.05) is 58.5 Å². The van der Waals surface area contributed by atoms with E-state index in [1.165, 1.54) is 12.0 Å². The smallest absolute Gasteiger partial charge is 0.460 e. The molecule has 1 aliphatic carbocycles. The number of amides is 1. The Morgan fingerprint density at radius 2 is 1.54 bits per heavy atom. The van der Waals surface area contributed by atoms with Crippen LogP contribution >= 0.6 is 7.82 Å². The normalized spacial score (nSPS) is 36.7. The number of ketones is 3. The van der Waals surface area contributed by atoms with Crippen LogP contribution in [-0.4, -0.2) is 184 Å². The minimum absolute atomic E-state index is 0.00303. The number of cyclic esters (lactones) is 1. The number of Topliss-reactive ketones (excluding diaryl/α,β-unsaturated/α-hetero) is 3. The zero-order valence-electron chi connectivity index (χ0n) is 49.0. The molecular weight excluding hydrogens is 1030 g/mol. The number of methoxy groups -OCH3 is 3. The Labute approximate surface area is 464 Å². The largest absolute Gasteiger partial charge is 0.472 e. The number of esters is 1. The van der Waals surface area contributed by atoms with E-state index >= 15 is 0 Å². The van der Waals surface area contributed by atoms with Gasteiger partial charge in [0.2, 0.25) is 5.79 Å². The van der Waals surface area contributed by atoms with E-state index in [2.05, 4.69) is 0 Å². The number of carbonyl (C=O) groups excluding carboxylic acids is 5. The van der Waals surface area contributed by atoms with Crippen LogP contribution in [0.2, 0.25) is 0 Å². The highest BCUT2D eigenvalue weighted by Gasteiger charge is 2.53. The minimum Gasteiger partial charge on any atom is -0.460 e. The Hall–Kier alpha value is -3.30. The molecule has 1 amide bonds. The molecule has 19 nitrogen and oxygen atoms in total. The van der Waals surface area contributed by atoms with Crippen molar-refractivity contribution >= 4 is 37.0 Å². The number of likely N-dealkylation sites (N-methyl/N-ethyl adjacent to an activating group) is 1. The molecule has 20 heteroatoms. The Balaban J connectivity index is 1.62. The number of hydrogen-bond donors (Lipinski definition) is 3. The molecule has 4 aliphatic rings. The van der Waals surface area contributed by atoms with Gasteiger partial charge in [0.15, 0.2) is 5.78 Å². The summed E-state index contributed by atoms with van der Waals surface area (Å²) < 4.78 is 59.2. The summed E-state index contributed by atoms with van der Waals surface area (Å²) in [5.41, 5.74) is 1.23. The lowest BCUT2D eigenvalue weighted by Crippen LogP contribution is -2.61. The van der Waals surface area contributed by atoms with Crippen molar-refractivity contribution in [1.82, 2.24) is 4.90 Å². The fraction of sp³-hybridized carbons (Fsp3) is 0.776. The quantitative estimate of drug-likeness (QED) is 0.0372. The van der Waals surface area contributed by atoms with Crippen LogP contribution in [0.15, 0.2) is 47.6 Å². The average Bonchev–Trinajstić information content (AvgIpc) is 3.38. The Bertz CT molecular complexity index is 2160. The molecular formula is C58H96N2O17P+. The molecule has 0 aromatic heterocycles. The van der Waals surface area contributed by atoms with Gasteiger partial charge in [-0.2, -0.15) is 0 Å². The molecule has 444 valence electrons. The van der Waals surface area contributed by atoms with Gasteiger partial charge in [0.1, 0.15) is 43.3 Å². The van der Waals surface area contributed by atoms with E-state index in [1.54, 1.807) is 48.0 Å². The fourth-order valence-electron chi connectivity index (χ4n) is 11.1. The minimum atomic E-state index is -4.28. The molecule has 4 rings (SSSR count). The maximum Gasteiger partial charge on any atom is 0.472 e. The van der Waals surface area contributed by atoms with Crippen molar-refractivity contribution in [2.45, 2.75) is 180 Å². The number of phosphoric acid groups is 1. The number of ether oxygens (including phenoxy) is 6. The summed E-state index contributed by atoms with van der Waals surface area (Å²) in [5, 5.41) is 23.6. The third kappa shape index (κ3) is 20.0. The van der Waals surface area contributed by atoms with Crippen LogP contribution in [0.3, 0.4) is 0 Å². The number of fused-ring (bicyclic) bond motifs is 3. The van der Waals surface area contributed by atoms with Crippen LogP contribution in [0.4, 0.5) is 0 Å². The first kappa shape index (κ1) is 67.2. The molecule has 0 aromatic rings. The molecule has 2 saturated heterocycles. The van der Waals surface area contributed by atoms with E-state index in [4.69, 9.17) is 37.5 Å². The molecule has 3 aliphatic heterocycles. The second-order valence-corrected chi connectivity index (χ2v) is 25.0. The summed E-state index contributed by atoms with van der Waals surface area (Å²) in [4.78, 5) is 82.8. The van der Waals surface area contributed by atoms with Gasteiger partial charge in [-0.05, 0) is 107 Å². The van der Waals surface area contributed by atoms with Crippen molar-refractivity contribution < 1.29 is 85.6 Å². The van der Waals surface area contributed by atoms with Crippen LogP contribution < -0.4 is 0 Å². The number of hydrogen-bond acceptors (Lipinski definition) is 16. The zero-order valence-corrected chi connectivity index (χ0v) is 49.9. The predicted octanol–water partition coefficient (Wildman–Crippen LogP) is 7.04. The Morgan fingerprint density at radius 1 is 0.833 bits per heavy atom. The molecule has 3 fully saturated rings. The van der Waals surface area contributed by atoms with E-state index in [-0.39, 0.29) is 74.8 Å². The zero-order chi connectivity index (χ0) is 58.1. The van der Waals surface area contributed by atoms with Gasteiger partial charge < -0.3 is 52.9 Å². The second kappa shape index (κ2) is 31.2. The number of phosphoric ester groups is 1. The molecule has 0 spiro atoms. The van der Waals surface area contributed by atoms with Gasteiger partial charge in [-0.3, -0.25) is 28.2 Å². The summed E-state index contributed by atoms with van der Waals surface area (Å²) in [7, 11) is 6.07. The summed E-state index contributed by atoms with van der Waals surface area (Å²) in [5.74, 6) is -8.39. The predicted molar refractivity (Wildman–Crippen MR) is 293 cm³/mol. The van der Waals surface area contributed by atoms with Crippen LogP contribution in [0.5, 0.6) is 0 Å². The maximum absolute atomic E-state index is 14.6. The van der Waals surface area contributed by atoms with Gasteiger partial charge in [0.05, 0.1) is 58.8 Å². The van der Waals surface area contributed by atoms with Crippen LogP contribution in [0, 0.1) is 35.5 Å². The monoisotopic (exact) mass is 1120 g/mol. The number of rotatable bonds is 15. The molecule has 3 heterocycles. The first-order valence-electron chi connectivity index (χ1n) is 28.2. The molecule has 0 aromatic carbocycles. The molecule has 0 radical (unpaired) electrons. The van der Waals surface area contributed by atoms with Gasteiger partial charge in [-0.15, -0.1) is 0 Å². The summed E-state index contributed by atoms with van der Waals surface area (Å²) in [6, 6.07) is -1.19. The Kier molecular flexibility index (Phi) is 26.9. The topological polar surface area (TPSA) is 240 Å². The van der Waals surface area contributed by atoms with E-state index in [0.717, 1.165) is 5.57 Å². The number of aliphatic hydroxyl groups is 2. The van der Waals surface area contributed by atoms with Crippen molar-refractivity contribution in [3.05, 3.63) is 47.6 Å². The lowest BCUT2D eigenvalue weighted by molar-refractivity contribution is -0.870. The first-order chi connectivity index (χ1) is 36.6. The highest BCUT2D eigenvalue weighted by molar-refractivity contribution is 7.47. The summed E-state index contributed by atoms with van der Waals surface area (Å²) in [6.07, 6.45) is 10.9. The second-order valence-electron chi connectivity index (χ2n) is 23.6. The van der Waals surface area contributed by atoms with Crippen LogP contribution in [0.25, 0.3) is 0 Å². The van der Waals surface area contributed by atoms with E-state index in [1.807, 2.05) is 72.3 Å². The van der Waals surface area contributed by atoms with Crippen molar-refractivity contribution in [2.24, 2.45) is 35.5 Å². The summed E-state index contributed by atoms with van der Waals surface area (Å²) >= 11 is 0. The first-order valence-corrected chi connectivity index (χ1v) is 29.7. The lowest BCUT2D eigenvalue weighted by Gasteiger charge is -2.42. The summed E-state index contributed by atoms with van der Waals surface area (Å²) in [6.45, 7) is 13.1. The third-order valence-electron chi connectivity index (χ3n) is 16.1. The number of quaternary nitrogens is 1. The molecule has 2 bridgehead atoms. The average molecular weight is 1120 g/mol. The standard InChI is InChI=1S/C58H95N2O17P/c1-37-19-15-14-16-20-38(2)49(70-11)35-45-24-22-43(7)58(67,77-45)55(64)56(65)59-26-18-17-21-46(59)57(66)76-50(36-47(61)39(3)32-42(6)53(63)54(72-13)52(62)41(5)31-37)40(4)33-44-23-25-48(51(34-44)71-12)73-29-30-75-78(68,69)74-28-27-60(8,9)10/h14-16,19-20,32,37,39-41,43-46,48-51,53-54,63,67H,17-18,21-31,33-36H2,1-13H3/p+1/b16-14+,19-15+,38-20+,42-32+/t37-,39-,40-,41-,43-,44+,45+,46+,48-,49-,50+,51-,53-,54+,58-/m1/s1. The molecule has 1 saturated carbocycles. The fourth-order valence-corrected chi connectivity index (χ4v) is 11.8. The third-order valence-corrected chi connectivity index (χ3v) is 17.2. The maximum atomic E-state index is 14.6. The lowest BCUT2D eigenvalue weighted by atomic mass is 9.78. The number of aliphatic hydroxyl groups excluding tert-OH is 1. The molecule has 1 unspecified atom stereocenters. The van der Waals surface area contributed by atoms with Gasteiger partial charge in [0.25, 0.3) is 11.7 Å². The number of piperidine rings is 1. The highest BCUT2D eigenvalue weighted by atomic mass is 31.2. The van der Waals surface area contributed by atoms with Gasteiger partial charge in [-0.25, -0.2) is 9.36 Å². The highest BCUT2D eigenvalue weighted by Crippen LogP contribution is 2.43. The van der Waals surface area contributed by atoms with Gasteiger partial charge >= 0.3 is 13.8 Å². The number of nitrogens with zero attached hydrogens (tertiary/aromatic N) is 2. The molecule has 78 heavy (non-hydrogen) atoms. The van der Waals surface area contributed by atoms with E-state index < -0.39 is 91.5 Å². The van der Waals surface area contributed by atoms with Crippen molar-refractivity contribution in [3.63, 3.8) is 0 Å². The van der Waals surface area contributed by atoms with Crippen LogP contribution in [0.1, 0.15) is 126 Å². The molecule has 3 N–H and O–H groups in total. The number of allylic oxidation sites excluding steroid dienone is 6. The Morgan fingerprint density at radius 3 is 2.21 bits per heavy atom. The SMILES string of the molecule is CO[C@@H]1C[C@@H]2CC[C@@H](C)[C@@](O)(O2)C(=O)C(=O)N2CCCC[C@H]2C(=O)O[C@H]([C@H](C)C[C@@H]2CC[C@@H](OCCOP(=O)(O)OCC[N+](C)(C)C)[C@H](OC)C2)CC(=O)[C@H](C)/C=C(\C)[C@@H](O)[C@@H](OC)C(=O)[C@H](C)C[C@H](C)/C=C/C=C/C=C/1C. The molecule has 16 atom stereocenters. The van der Waals surface area contributed by atoms with E-state index in [0.29, 0.717) is 80.8 Å². The number of carbonyl (C=O) groups is 5.